The first-order valence-electron chi connectivity index (χ1n) is 9.08. The third-order valence-corrected chi connectivity index (χ3v) is 5.37. The van der Waals surface area contributed by atoms with E-state index in [4.69, 9.17) is 11.6 Å². The quantitative estimate of drug-likeness (QED) is 0.707. The molecule has 1 aliphatic rings. The zero-order chi connectivity index (χ0) is 19.6. The molecule has 142 valence electrons. The summed E-state index contributed by atoms with van der Waals surface area (Å²) in [6.07, 6.45) is 0.733. The van der Waals surface area contributed by atoms with Crippen molar-refractivity contribution >= 4 is 29.1 Å². The third kappa shape index (κ3) is 3.99. The molecule has 0 saturated carbocycles. The molecule has 0 spiro atoms. The van der Waals surface area contributed by atoms with Gasteiger partial charge in [-0.3, -0.25) is 9.59 Å². The highest BCUT2D eigenvalue weighted by Crippen LogP contribution is 2.29. The van der Waals surface area contributed by atoms with Crippen molar-refractivity contribution in [3.8, 4) is 0 Å². The van der Waals surface area contributed by atoms with Crippen molar-refractivity contribution < 1.29 is 14.7 Å². The molecule has 0 aromatic heterocycles. The molecule has 0 fully saturated rings. The van der Waals surface area contributed by atoms with Crippen LogP contribution in [0.3, 0.4) is 0 Å². The van der Waals surface area contributed by atoms with Crippen molar-refractivity contribution in [2.24, 2.45) is 0 Å². The van der Waals surface area contributed by atoms with Crippen LogP contribution in [0.1, 0.15) is 52.9 Å². The lowest BCUT2D eigenvalue weighted by Gasteiger charge is -2.26. The van der Waals surface area contributed by atoms with E-state index < -0.39 is 12.1 Å². The number of amides is 2. The summed E-state index contributed by atoms with van der Waals surface area (Å²) in [6.45, 7) is 3.85. The zero-order valence-corrected chi connectivity index (χ0v) is 16.1. The maximum absolute atomic E-state index is 12.9. The Hall–Kier alpha value is -2.37. The molecule has 2 aromatic rings. The molecule has 2 amide bonds. The van der Waals surface area contributed by atoms with Gasteiger partial charge in [0.2, 0.25) is 5.91 Å². The molecule has 0 unspecified atom stereocenters. The fourth-order valence-electron chi connectivity index (χ4n) is 3.49. The molecule has 2 atom stereocenters. The predicted octanol–water partition coefficient (Wildman–Crippen LogP) is 3.78. The third-order valence-electron chi connectivity index (χ3n) is 4.96. The van der Waals surface area contributed by atoms with Gasteiger partial charge in [-0.1, -0.05) is 43.1 Å². The summed E-state index contributed by atoms with van der Waals surface area (Å²) < 4.78 is 0. The molecule has 0 bridgehead atoms. The van der Waals surface area contributed by atoms with Crippen LogP contribution in [-0.4, -0.2) is 23.0 Å². The first-order chi connectivity index (χ1) is 12.9. The number of nitrogens with one attached hydrogen (secondary N) is 2. The standard InChI is InChI=1S/C21H23ClN2O3/c1-3-6-18(20(26)13-7-4-9-16(22)12(13)2)24-21(27)14-8-5-10-17-15(14)11-19(25)23-17/h4-5,7-10,18,20,26H,3,6,11H2,1-2H3,(H,23,25)(H,24,27)/t18-,20+/m1/s1. The van der Waals surface area contributed by atoms with Crippen molar-refractivity contribution in [3.63, 3.8) is 0 Å². The lowest BCUT2D eigenvalue weighted by molar-refractivity contribution is -0.115. The highest BCUT2D eigenvalue weighted by molar-refractivity contribution is 6.31. The van der Waals surface area contributed by atoms with Crippen molar-refractivity contribution in [1.82, 2.24) is 5.32 Å². The highest BCUT2D eigenvalue weighted by atomic mass is 35.5. The highest BCUT2D eigenvalue weighted by Gasteiger charge is 2.28. The molecule has 1 heterocycles. The summed E-state index contributed by atoms with van der Waals surface area (Å²) in [5, 5.41) is 17.2. The van der Waals surface area contributed by atoms with Crippen LogP contribution in [0.15, 0.2) is 36.4 Å². The Kier molecular flexibility index (Phi) is 5.82. The topological polar surface area (TPSA) is 78.4 Å². The van der Waals surface area contributed by atoms with Gasteiger partial charge in [-0.2, -0.15) is 0 Å². The van der Waals surface area contributed by atoms with Crippen LogP contribution in [0, 0.1) is 6.92 Å². The Labute approximate surface area is 163 Å². The van der Waals surface area contributed by atoms with Gasteiger partial charge < -0.3 is 15.7 Å². The van der Waals surface area contributed by atoms with E-state index in [1.54, 1.807) is 30.3 Å². The zero-order valence-electron chi connectivity index (χ0n) is 15.4. The molecular formula is C21H23ClN2O3. The second-order valence-corrected chi connectivity index (χ2v) is 7.23. The SMILES string of the molecule is CCC[C@@H](NC(=O)c1cccc2c1CC(=O)N2)[C@@H](O)c1cccc(Cl)c1C. The van der Waals surface area contributed by atoms with Crippen molar-refractivity contribution in [1.29, 1.82) is 0 Å². The van der Waals surface area contributed by atoms with E-state index in [0.717, 1.165) is 12.0 Å². The number of aliphatic hydroxyl groups excluding tert-OH is 1. The van der Waals surface area contributed by atoms with Gasteiger partial charge in [0.05, 0.1) is 18.6 Å². The summed E-state index contributed by atoms with van der Waals surface area (Å²) >= 11 is 6.18. The minimum atomic E-state index is -0.871. The average Bonchev–Trinajstić information content (AvgIpc) is 3.03. The number of hydrogen-bond acceptors (Lipinski definition) is 3. The van der Waals surface area contributed by atoms with Gasteiger partial charge in [-0.15, -0.1) is 0 Å². The van der Waals surface area contributed by atoms with Gasteiger partial charge in [0.15, 0.2) is 0 Å². The van der Waals surface area contributed by atoms with Crippen LogP contribution in [0.25, 0.3) is 0 Å². The van der Waals surface area contributed by atoms with Gasteiger partial charge in [0.1, 0.15) is 0 Å². The molecule has 0 aliphatic carbocycles. The number of halogens is 1. The van der Waals surface area contributed by atoms with Gasteiger partial charge >= 0.3 is 0 Å². The molecule has 6 heteroatoms. The van der Waals surface area contributed by atoms with E-state index in [2.05, 4.69) is 10.6 Å². The number of fused-ring (bicyclic) bond motifs is 1. The lowest BCUT2D eigenvalue weighted by atomic mass is 9.94. The monoisotopic (exact) mass is 386 g/mol. The number of hydrogen-bond donors (Lipinski definition) is 3. The molecule has 0 saturated heterocycles. The maximum atomic E-state index is 12.9. The Morgan fingerprint density at radius 1 is 1.30 bits per heavy atom. The molecule has 5 nitrogen and oxygen atoms in total. The Bertz CT molecular complexity index is 882. The first kappa shape index (κ1) is 19.4. The number of anilines is 1. The van der Waals surface area contributed by atoms with Crippen LogP contribution in [-0.2, 0) is 11.2 Å². The van der Waals surface area contributed by atoms with E-state index >= 15 is 0 Å². The van der Waals surface area contributed by atoms with Crippen molar-refractivity contribution in [3.05, 3.63) is 63.7 Å². The van der Waals surface area contributed by atoms with Gasteiger partial charge in [-0.05, 0) is 48.2 Å². The molecule has 27 heavy (non-hydrogen) atoms. The largest absolute Gasteiger partial charge is 0.386 e. The maximum Gasteiger partial charge on any atom is 0.251 e. The molecule has 3 rings (SSSR count). The number of aliphatic hydroxyl groups is 1. The summed E-state index contributed by atoms with van der Waals surface area (Å²) in [5.41, 5.74) is 3.34. The summed E-state index contributed by atoms with van der Waals surface area (Å²) in [6, 6.07) is 10.2. The smallest absolute Gasteiger partial charge is 0.251 e. The molecule has 0 radical (unpaired) electrons. The van der Waals surface area contributed by atoms with Gasteiger partial charge in [0, 0.05) is 16.3 Å². The summed E-state index contributed by atoms with van der Waals surface area (Å²) in [7, 11) is 0. The summed E-state index contributed by atoms with van der Waals surface area (Å²) in [5.74, 6) is -0.412. The average molecular weight is 387 g/mol. The van der Waals surface area contributed by atoms with Crippen molar-refractivity contribution in [2.45, 2.75) is 45.3 Å². The van der Waals surface area contributed by atoms with Crippen LogP contribution < -0.4 is 10.6 Å². The second-order valence-electron chi connectivity index (χ2n) is 6.82. The fourth-order valence-corrected chi connectivity index (χ4v) is 3.67. The minimum Gasteiger partial charge on any atom is -0.386 e. The first-order valence-corrected chi connectivity index (χ1v) is 9.45. The lowest BCUT2D eigenvalue weighted by Crippen LogP contribution is -2.39. The number of benzene rings is 2. The molecule has 2 aromatic carbocycles. The van der Waals surface area contributed by atoms with E-state index in [0.29, 0.717) is 33.8 Å². The molecule has 1 aliphatic heterocycles. The van der Waals surface area contributed by atoms with E-state index in [1.165, 1.54) is 0 Å². The number of carbonyl (C=O) groups is 2. The Morgan fingerprint density at radius 3 is 2.78 bits per heavy atom. The van der Waals surface area contributed by atoms with E-state index in [9.17, 15) is 14.7 Å². The Morgan fingerprint density at radius 2 is 2.04 bits per heavy atom. The van der Waals surface area contributed by atoms with Crippen LogP contribution >= 0.6 is 11.6 Å². The molecular weight excluding hydrogens is 364 g/mol. The van der Waals surface area contributed by atoms with Crippen molar-refractivity contribution in [2.75, 3.05) is 5.32 Å². The minimum absolute atomic E-state index is 0.120. The van der Waals surface area contributed by atoms with Crippen LogP contribution in [0.4, 0.5) is 5.69 Å². The fraction of sp³-hybridized carbons (Fsp3) is 0.333. The normalized spacial score (nSPS) is 15.0. The van der Waals surface area contributed by atoms with Crippen LogP contribution in [0.5, 0.6) is 0 Å². The summed E-state index contributed by atoms with van der Waals surface area (Å²) in [4.78, 5) is 24.6. The van der Waals surface area contributed by atoms with E-state index in [-0.39, 0.29) is 18.2 Å². The predicted molar refractivity (Wildman–Crippen MR) is 106 cm³/mol. The Balaban J connectivity index is 1.85. The van der Waals surface area contributed by atoms with Gasteiger partial charge in [0.25, 0.3) is 5.91 Å². The number of carbonyl (C=O) groups excluding carboxylic acids is 2. The van der Waals surface area contributed by atoms with Gasteiger partial charge in [-0.25, -0.2) is 0 Å². The van der Waals surface area contributed by atoms with E-state index in [1.807, 2.05) is 19.9 Å². The second kappa shape index (κ2) is 8.11. The molecule has 3 N–H and O–H groups in total. The van der Waals surface area contributed by atoms with Crippen LogP contribution in [0.2, 0.25) is 5.02 Å². The number of rotatable bonds is 6.